The molecule has 7 nitrogen and oxygen atoms in total. The fourth-order valence-corrected chi connectivity index (χ4v) is 3.05. The van der Waals surface area contributed by atoms with Crippen LogP contribution in [-0.2, 0) is 21.2 Å². The highest BCUT2D eigenvalue weighted by molar-refractivity contribution is 7.89. The van der Waals surface area contributed by atoms with Gasteiger partial charge < -0.3 is 15.4 Å². The van der Waals surface area contributed by atoms with Crippen molar-refractivity contribution >= 4 is 21.6 Å². The van der Waals surface area contributed by atoms with E-state index in [2.05, 4.69) is 10.6 Å². The second-order valence-corrected chi connectivity index (χ2v) is 7.75. The van der Waals surface area contributed by atoms with Crippen LogP contribution in [0.5, 0.6) is 5.75 Å². The summed E-state index contributed by atoms with van der Waals surface area (Å²) in [7, 11) is -2.09. The van der Waals surface area contributed by atoms with Gasteiger partial charge in [0.25, 0.3) is 0 Å². The van der Waals surface area contributed by atoms with Gasteiger partial charge in [0, 0.05) is 13.0 Å². The van der Waals surface area contributed by atoms with Gasteiger partial charge in [0.1, 0.15) is 5.75 Å². The number of hydrogen-bond acceptors (Lipinski definition) is 5. The van der Waals surface area contributed by atoms with Crippen molar-refractivity contribution in [3.63, 3.8) is 0 Å². The first-order valence-electron chi connectivity index (χ1n) is 8.56. The van der Waals surface area contributed by atoms with Crippen LogP contribution in [0.2, 0.25) is 0 Å². The number of hydrogen-bond donors (Lipinski definition) is 3. The Morgan fingerprint density at radius 1 is 1.11 bits per heavy atom. The molecule has 0 radical (unpaired) electrons. The average molecular weight is 391 g/mol. The molecule has 0 spiro atoms. The number of benzene rings is 2. The predicted molar refractivity (Wildman–Crippen MR) is 105 cm³/mol. The van der Waals surface area contributed by atoms with Crippen LogP contribution in [0.1, 0.15) is 17.5 Å². The molecule has 0 aromatic heterocycles. The van der Waals surface area contributed by atoms with Crippen LogP contribution in [0.25, 0.3) is 0 Å². The van der Waals surface area contributed by atoms with E-state index in [9.17, 15) is 13.2 Å². The standard InChI is InChI=1S/C19H25N3O4S/c1-14-3-8-18(26-2)17(13-14)22-19(23)10-12-21-11-9-15-4-6-16(7-5-15)27(20,24)25/h3-8,13,21H,9-12H2,1-2H3,(H,22,23)(H2,20,24,25). The Morgan fingerprint density at radius 2 is 1.81 bits per heavy atom. The minimum absolute atomic E-state index is 0.0936. The van der Waals surface area contributed by atoms with E-state index in [0.29, 0.717) is 30.9 Å². The van der Waals surface area contributed by atoms with Gasteiger partial charge in [0.2, 0.25) is 15.9 Å². The van der Waals surface area contributed by atoms with Crippen molar-refractivity contribution in [2.24, 2.45) is 5.14 Å². The first kappa shape index (κ1) is 20.9. The molecule has 2 aromatic rings. The highest BCUT2D eigenvalue weighted by Crippen LogP contribution is 2.25. The second-order valence-electron chi connectivity index (χ2n) is 6.19. The highest BCUT2D eigenvalue weighted by atomic mass is 32.2. The number of rotatable bonds is 9. The van der Waals surface area contributed by atoms with E-state index < -0.39 is 10.0 Å². The lowest BCUT2D eigenvalue weighted by Gasteiger charge is -2.11. The van der Waals surface area contributed by atoms with Gasteiger partial charge >= 0.3 is 0 Å². The number of amides is 1. The lowest BCUT2D eigenvalue weighted by molar-refractivity contribution is -0.116. The number of nitrogens with two attached hydrogens (primary N) is 1. The van der Waals surface area contributed by atoms with Crippen molar-refractivity contribution < 1.29 is 17.9 Å². The first-order valence-corrected chi connectivity index (χ1v) is 10.1. The van der Waals surface area contributed by atoms with E-state index in [1.54, 1.807) is 19.2 Å². The molecule has 2 rings (SSSR count). The molecule has 0 aliphatic heterocycles. The van der Waals surface area contributed by atoms with Crippen LogP contribution in [0.3, 0.4) is 0 Å². The number of sulfonamides is 1. The summed E-state index contributed by atoms with van der Waals surface area (Å²) in [5, 5.41) is 11.1. The summed E-state index contributed by atoms with van der Waals surface area (Å²) in [6.07, 6.45) is 1.06. The minimum Gasteiger partial charge on any atom is -0.495 e. The molecule has 1 amide bonds. The number of methoxy groups -OCH3 is 1. The summed E-state index contributed by atoms with van der Waals surface area (Å²) in [5.41, 5.74) is 2.69. The number of aryl methyl sites for hydroxylation is 1. The average Bonchev–Trinajstić information content (AvgIpc) is 2.61. The van der Waals surface area contributed by atoms with Crippen molar-refractivity contribution in [1.82, 2.24) is 5.32 Å². The van der Waals surface area contributed by atoms with Crippen LogP contribution >= 0.6 is 0 Å². The molecule has 27 heavy (non-hydrogen) atoms. The Kier molecular flexibility index (Phi) is 7.35. The molecule has 0 saturated heterocycles. The van der Waals surface area contributed by atoms with Gasteiger partial charge in [0.05, 0.1) is 17.7 Å². The summed E-state index contributed by atoms with van der Waals surface area (Å²) >= 11 is 0. The molecule has 0 fully saturated rings. The smallest absolute Gasteiger partial charge is 0.238 e. The van der Waals surface area contributed by atoms with Gasteiger partial charge in [-0.1, -0.05) is 18.2 Å². The monoisotopic (exact) mass is 391 g/mol. The van der Waals surface area contributed by atoms with Gasteiger partial charge in [-0.05, 0) is 55.3 Å². The lowest BCUT2D eigenvalue weighted by atomic mass is 10.1. The van der Waals surface area contributed by atoms with Crippen LogP contribution < -0.4 is 20.5 Å². The molecule has 0 aliphatic rings. The van der Waals surface area contributed by atoms with Crippen molar-refractivity contribution in [1.29, 1.82) is 0 Å². The molecule has 0 aliphatic carbocycles. The summed E-state index contributed by atoms with van der Waals surface area (Å²) < 4.78 is 27.7. The fraction of sp³-hybridized carbons (Fsp3) is 0.316. The zero-order valence-electron chi connectivity index (χ0n) is 15.5. The van der Waals surface area contributed by atoms with Gasteiger partial charge in [0.15, 0.2) is 0 Å². The number of anilines is 1. The van der Waals surface area contributed by atoms with E-state index in [4.69, 9.17) is 9.88 Å². The summed E-state index contributed by atoms with van der Waals surface area (Å²) in [6.45, 7) is 3.16. The maximum absolute atomic E-state index is 12.1. The molecule has 0 heterocycles. The van der Waals surface area contributed by atoms with Crippen molar-refractivity contribution in [2.75, 3.05) is 25.5 Å². The van der Waals surface area contributed by atoms with Crippen LogP contribution in [0.4, 0.5) is 5.69 Å². The van der Waals surface area contributed by atoms with Crippen molar-refractivity contribution in [3.8, 4) is 5.75 Å². The number of nitrogens with one attached hydrogen (secondary N) is 2. The van der Waals surface area contributed by atoms with E-state index in [1.807, 2.05) is 25.1 Å². The Bertz CT molecular complexity index is 880. The third kappa shape index (κ3) is 6.67. The molecule has 146 valence electrons. The molecule has 4 N–H and O–H groups in total. The Morgan fingerprint density at radius 3 is 2.44 bits per heavy atom. The third-order valence-electron chi connectivity index (χ3n) is 4.00. The van der Waals surface area contributed by atoms with Gasteiger partial charge in [-0.2, -0.15) is 0 Å². The Hall–Kier alpha value is -2.42. The Labute approximate surface area is 160 Å². The van der Waals surface area contributed by atoms with E-state index >= 15 is 0 Å². The SMILES string of the molecule is COc1ccc(C)cc1NC(=O)CCNCCc1ccc(S(N)(=O)=O)cc1. The zero-order valence-corrected chi connectivity index (χ0v) is 16.3. The van der Waals surface area contributed by atoms with E-state index in [-0.39, 0.29) is 10.8 Å². The molecular formula is C19H25N3O4S. The highest BCUT2D eigenvalue weighted by Gasteiger charge is 2.08. The van der Waals surface area contributed by atoms with Crippen molar-refractivity contribution in [3.05, 3.63) is 53.6 Å². The predicted octanol–water partition coefficient (Wildman–Crippen LogP) is 1.81. The van der Waals surface area contributed by atoms with Crippen LogP contribution in [0, 0.1) is 6.92 Å². The quantitative estimate of drug-likeness (QED) is 0.565. The third-order valence-corrected chi connectivity index (χ3v) is 4.93. The Balaban J connectivity index is 1.72. The van der Waals surface area contributed by atoms with Crippen molar-refractivity contribution in [2.45, 2.75) is 24.7 Å². The fourth-order valence-electron chi connectivity index (χ4n) is 2.54. The van der Waals surface area contributed by atoms with E-state index in [0.717, 1.165) is 17.5 Å². The van der Waals surface area contributed by atoms with Crippen LogP contribution in [-0.4, -0.2) is 34.5 Å². The summed E-state index contributed by atoms with van der Waals surface area (Å²) in [5.74, 6) is 0.536. The molecule has 8 heteroatoms. The molecule has 2 aromatic carbocycles. The zero-order chi connectivity index (χ0) is 19.9. The largest absolute Gasteiger partial charge is 0.495 e. The molecule has 0 unspecified atom stereocenters. The van der Waals surface area contributed by atoms with Gasteiger partial charge in [-0.15, -0.1) is 0 Å². The topological polar surface area (TPSA) is 111 Å². The van der Waals surface area contributed by atoms with E-state index in [1.165, 1.54) is 12.1 Å². The van der Waals surface area contributed by atoms with Crippen LogP contribution in [0.15, 0.2) is 47.4 Å². The molecule has 0 saturated carbocycles. The maximum Gasteiger partial charge on any atom is 0.238 e. The molecular weight excluding hydrogens is 366 g/mol. The number of carbonyl (C=O) groups excluding carboxylic acids is 1. The summed E-state index contributed by atoms with van der Waals surface area (Å²) in [4.78, 5) is 12.2. The lowest BCUT2D eigenvalue weighted by Crippen LogP contribution is -2.23. The number of ether oxygens (including phenoxy) is 1. The van der Waals surface area contributed by atoms with Gasteiger partial charge in [-0.25, -0.2) is 13.6 Å². The number of carbonyl (C=O) groups is 1. The molecule has 0 atom stereocenters. The summed E-state index contributed by atoms with van der Waals surface area (Å²) in [6, 6.07) is 12.1. The maximum atomic E-state index is 12.1. The van der Waals surface area contributed by atoms with Gasteiger partial charge in [-0.3, -0.25) is 4.79 Å². The first-order chi connectivity index (χ1) is 12.8. The molecule has 0 bridgehead atoms. The normalized spacial score (nSPS) is 11.2. The minimum atomic E-state index is -3.66. The second kappa shape index (κ2) is 9.50. The number of primary sulfonamides is 1.